The second-order valence-electron chi connectivity index (χ2n) is 4.03. The van der Waals surface area contributed by atoms with Crippen LogP contribution in [0.3, 0.4) is 0 Å². The summed E-state index contributed by atoms with van der Waals surface area (Å²) < 4.78 is 0.696. The summed E-state index contributed by atoms with van der Waals surface area (Å²) in [5, 5.41) is 12.8. The summed E-state index contributed by atoms with van der Waals surface area (Å²) in [6, 6.07) is 1.84. The zero-order valence-corrected chi connectivity index (χ0v) is 10.7. The van der Waals surface area contributed by atoms with Gasteiger partial charge in [0.2, 0.25) is 0 Å². The number of aryl methyl sites for hydroxylation is 1. The number of carbonyl (C=O) groups excluding carboxylic acids is 1. The Balaban J connectivity index is 2.47. The van der Waals surface area contributed by atoms with Crippen LogP contribution in [0.1, 0.15) is 27.9 Å². The van der Waals surface area contributed by atoms with Crippen molar-refractivity contribution in [3.8, 4) is 5.75 Å². The quantitative estimate of drug-likeness (QED) is 0.835. The number of ketones is 1. The third-order valence-corrected chi connectivity index (χ3v) is 3.80. The van der Waals surface area contributed by atoms with E-state index in [1.807, 2.05) is 6.07 Å². The molecular weight excluding hydrogens is 270 g/mol. The van der Waals surface area contributed by atoms with Crippen LogP contribution in [0.25, 0.3) is 0 Å². The molecule has 2 N–H and O–H groups in total. The van der Waals surface area contributed by atoms with E-state index >= 15 is 0 Å². The van der Waals surface area contributed by atoms with Crippen molar-refractivity contribution in [1.29, 1.82) is 0 Å². The molecule has 0 aromatic heterocycles. The number of hydrogen-bond acceptors (Lipinski definition) is 3. The van der Waals surface area contributed by atoms with Crippen LogP contribution in [0.4, 0.5) is 0 Å². The first-order valence-electron chi connectivity index (χ1n) is 5.36. The monoisotopic (exact) mass is 283 g/mol. The molecule has 0 saturated heterocycles. The number of hydrogen-bond donors (Lipinski definition) is 2. The number of likely N-dealkylation sites (N-methyl/N-ethyl adjacent to an activating group) is 1. The Morgan fingerprint density at radius 2 is 2.31 bits per heavy atom. The first-order valence-corrected chi connectivity index (χ1v) is 6.15. The first-order chi connectivity index (χ1) is 7.65. The van der Waals surface area contributed by atoms with E-state index in [0.29, 0.717) is 10.0 Å². The van der Waals surface area contributed by atoms with E-state index in [1.54, 1.807) is 7.05 Å². The smallest absolute Gasteiger partial charge is 0.180 e. The van der Waals surface area contributed by atoms with Gasteiger partial charge >= 0.3 is 0 Å². The van der Waals surface area contributed by atoms with Gasteiger partial charge in [-0.2, -0.15) is 0 Å². The fourth-order valence-corrected chi connectivity index (χ4v) is 2.82. The molecule has 0 atom stereocenters. The van der Waals surface area contributed by atoms with Crippen molar-refractivity contribution in [3.63, 3.8) is 0 Å². The van der Waals surface area contributed by atoms with Gasteiger partial charge in [-0.25, -0.2) is 0 Å². The maximum atomic E-state index is 11.8. The Morgan fingerprint density at radius 1 is 1.56 bits per heavy atom. The summed E-state index contributed by atoms with van der Waals surface area (Å²) >= 11 is 3.38. The minimum Gasteiger partial charge on any atom is -0.506 e. The van der Waals surface area contributed by atoms with Crippen LogP contribution < -0.4 is 5.32 Å². The molecule has 0 bridgehead atoms. The number of Topliss-reactive ketones (excluding diaryl/α,β-unsaturated/α-hetero) is 1. The summed E-state index contributed by atoms with van der Waals surface area (Å²) in [6.07, 6.45) is 3.06. The van der Waals surface area contributed by atoms with Crippen LogP contribution >= 0.6 is 15.9 Å². The van der Waals surface area contributed by atoms with E-state index in [2.05, 4.69) is 21.2 Å². The molecule has 0 unspecified atom stereocenters. The van der Waals surface area contributed by atoms with Crippen LogP contribution in [0.2, 0.25) is 0 Å². The molecular formula is C12H14BrNO2. The topological polar surface area (TPSA) is 49.3 Å². The maximum Gasteiger partial charge on any atom is 0.180 e. The van der Waals surface area contributed by atoms with Crippen molar-refractivity contribution in [2.75, 3.05) is 13.6 Å². The minimum atomic E-state index is -0.0737. The van der Waals surface area contributed by atoms with Crippen LogP contribution in [0, 0.1) is 0 Å². The van der Waals surface area contributed by atoms with Crippen LogP contribution in [-0.4, -0.2) is 24.5 Å². The predicted molar refractivity (Wildman–Crippen MR) is 66.1 cm³/mol. The molecule has 1 aliphatic rings. The van der Waals surface area contributed by atoms with Gasteiger partial charge in [-0.1, -0.05) is 0 Å². The van der Waals surface area contributed by atoms with Gasteiger partial charge < -0.3 is 10.4 Å². The second-order valence-corrected chi connectivity index (χ2v) is 4.82. The molecule has 0 amide bonds. The van der Waals surface area contributed by atoms with Gasteiger partial charge in [-0.3, -0.25) is 4.79 Å². The highest BCUT2D eigenvalue weighted by Crippen LogP contribution is 2.38. The third kappa shape index (κ3) is 1.87. The number of carbonyl (C=O) groups is 1. The summed E-state index contributed by atoms with van der Waals surface area (Å²) in [7, 11) is 1.72. The van der Waals surface area contributed by atoms with E-state index in [0.717, 1.165) is 24.8 Å². The predicted octanol–water partition coefficient (Wildman–Crippen LogP) is 2.05. The molecule has 0 spiro atoms. The zero-order valence-electron chi connectivity index (χ0n) is 9.14. The van der Waals surface area contributed by atoms with Gasteiger partial charge in [0.1, 0.15) is 5.75 Å². The van der Waals surface area contributed by atoms with Gasteiger partial charge in [-0.15, -0.1) is 0 Å². The molecule has 0 saturated carbocycles. The third-order valence-electron chi connectivity index (χ3n) is 2.94. The van der Waals surface area contributed by atoms with Gasteiger partial charge in [0, 0.05) is 0 Å². The normalized spacial score (nSPS) is 13.9. The van der Waals surface area contributed by atoms with Crippen LogP contribution in [0.15, 0.2) is 10.5 Å². The summed E-state index contributed by atoms with van der Waals surface area (Å²) in [5.41, 5.74) is 2.75. The highest BCUT2D eigenvalue weighted by Gasteiger charge is 2.22. The summed E-state index contributed by atoms with van der Waals surface area (Å²) in [5.74, 6) is 0.0105. The lowest BCUT2D eigenvalue weighted by Gasteiger charge is -2.10. The van der Waals surface area contributed by atoms with Gasteiger partial charge in [0.25, 0.3) is 0 Å². The van der Waals surface area contributed by atoms with E-state index in [4.69, 9.17) is 0 Å². The molecule has 1 aromatic rings. The van der Waals surface area contributed by atoms with Gasteiger partial charge in [0.05, 0.1) is 16.6 Å². The SMILES string of the molecule is CNCC(=O)c1cc2c(c(Br)c1O)CCC2. The van der Waals surface area contributed by atoms with Crippen molar-refractivity contribution < 1.29 is 9.90 Å². The first kappa shape index (κ1) is 11.6. The molecule has 4 heteroatoms. The molecule has 0 heterocycles. The number of rotatable bonds is 3. The van der Waals surface area contributed by atoms with Crippen molar-refractivity contribution >= 4 is 21.7 Å². The number of phenolic OH excluding ortho intramolecular Hbond substituents is 1. The number of benzene rings is 1. The van der Waals surface area contributed by atoms with Crippen molar-refractivity contribution in [2.45, 2.75) is 19.3 Å². The average Bonchev–Trinajstić information content (AvgIpc) is 2.71. The number of phenols is 1. The Hall–Kier alpha value is -0.870. The summed E-state index contributed by atoms with van der Waals surface area (Å²) in [6.45, 7) is 0.249. The molecule has 0 fully saturated rings. The molecule has 16 heavy (non-hydrogen) atoms. The Bertz CT molecular complexity index is 443. The van der Waals surface area contributed by atoms with Crippen LogP contribution in [0.5, 0.6) is 5.75 Å². The number of fused-ring (bicyclic) bond motifs is 1. The minimum absolute atomic E-state index is 0.0737. The number of nitrogens with one attached hydrogen (secondary N) is 1. The number of halogens is 1. The van der Waals surface area contributed by atoms with Crippen LogP contribution in [-0.2, 0) is 12.8 Å². The van der Waals surface area contributed by atoms with E-state index in [-0.39, 0.29) is 18.1 Å². The fourth-order valence-electron chi connectivity index (χ4n) is 2.15. The lowest BCUT2D eigenvalue weighted by Crippen LogP contribution is -2.19. The fraction of sp³-hybridized carbons (Fsp3) is 0.417. The highest BCUT2D eigenvalue weighted by molar-refractivity contribution is 9.10. The van der Waals surface area contributed by atoms with Gasteiger partial charge in [-0.05, 0) is 59.4 Å². The van der Waals surface area contributed by atoms with E-state index in [1.165, 1.54) is 5.56 Å². The summed E-state index contributed by atoms with van der Waals surface area (Å²) in [4.78, 5) is 11.8. The van der Waals surface area contributed by atoms with Gasteiger partial charge in [0.15, 0.2) is 5.78 Å². The standard InChI is InChI=1S/C12H14BrNO2/c1-14-6-10(15)9-5-7-3-2-4-8(7)11(13)12(9)16/h5,14,16H,2-4,6H2,1H3. The number of aromatic hydroxyl groups is 1. The van der Waals surface area contributed by atoms with Crippen molar-refractivity contribution in [2.24, 2.45) is 0 Å². The molecule has 2 rings (SSSR count). The van der Waals surface area contributed by atoms with E-state index < -0.39 is 0 Å². The van der Waals surface area contributed by atoms with E-state index in [9.17, 15) is 9.90 Å². The largest absolute Gasteiger partial charge is 0.506 e. The highest BCUT2D eigenvalue weighted by atomic mass is 79.9. The van der Waals surface area contributed by atoms with Crippen molar-refractivity contribution in [1.82, 2.24) is 5.32 Å². The maximum absolute atomic E-state index is 11.8. The zero-order chi connectivity index (χ0) is 11.7. The molecule has 0 radical (unpaired) electrons. The molecule has 1 aliphatic carbocycles. The second kappa shape index (κ2) is 4.55. The molecule has 0 aliphatic heterocycles. The average molecular weight is 284 g/mol. The van der Waals surface area contributed by atoms with Crippen molar-refractivity contribution in [3.05, 3.63) is 27.2 Å². The Kier molecular flexibility index (Phi) is 3.30. The Morgan fingerprint density at radius 3 is 3.00 bits per heavy atom. The molecule has 86 valence electrons. The molecule has 1 aromatic carbocycles. The lowest BCUT2D eigenvalue weighted by atomic mass is 10.0. The Labute approximate surface area is 103 Å². The lowest BCUT2D eigenvalue weighted by molar-refractivity contribution is 0.0991. The molecule has 3 nitrogen and oxygen atoms in total.